The van der Waals surface area contributed by atoms with E-state index in [1.165, 1.54) is 5.56 Å². The Bertz CT molecular complexity index is 644. The molecule has 0 saturated heterocycles. The molecule has 0 heterocycles. The van der Waals surface area contributed by atoms with Gasteiger partial charge in [0, 0.05) is 12.7 Å². The van der Waals surface area contributed by atoms with Crippen LogP contribution in [0.5, 0.6) is 0 Å². The van der Waals surface area contributed by atoms with E-state index in [1.54, 1.807) is 0 Å². The molecule has 1 aromatic rings. The van der Waals surface area contributed by atoms with E-state index >= 15 is 0 Å². The van der Waals surface area contributed by atoms with Crippen LogP contribution in [0.3, 0.4) is 0 Å². The lowest BCUT2D eigenvalue weighted by Gasteiger charge is -2.41. The van der Waals surface area contributed by atoms with E-state index < -0.39 is 13.7 Å². The maximum absolute atomic E-state index is 12.1. The van der Waals surface area contributed by atoms with Crippen molar-refractivity contribution in [3.8, 4) is 0 Å². The Labute approximate surface area is 192 Å². The number of rotatable bonds is 12. The van der Waals surface area contributed by atoms with Crippen LogP contribution in [0, 0.1) is 11.3 Å². The molecule has 5 heteroatoms. The standard InChI is InChI=1S/C26H46O4Si/c1-21(17-19-29-24(27)25(2,3)4)23(30-31(8,9)26(5,6)7)16-13-18-28-20-22-14-11-10-12-15-22/h10-12,14-15,21,23H,13,16-20H2,1-9H3/t21-,23+/m0/s1. The molecule has 0 aromatic heterocycles. The summed E-state index contributed by atoms with van der Waals surface area (Å²) >= 11 is 0. The summed E-state index contributed by atoms with van der Waals surface area (Å²) in [7, 11) is -1.89. The van der Waals surface area contributed by atoms with Crippen LogP contribution >= 0.6 is 0 Å². The fraction of sp³-hybridized carbons (Fsp3) is 0.731. The molecule has 1 rings (SSSR count). The molecule has 0 aliphatic rings. The van der Waals surface area contributed by atoms with E-state index in [2.05, 4.69) is 52.9 Å². The zero-order chi connectivity index (χ0) is 23.7. The molecule has 1 aromatic carbocycles. The molecule has 4 nitrogen and oxygen atoms in total. The van der Waals surface area contributed by atoms with E-state index in [9.17, 15) is 4.79 Å². The molecule has 0 aliphatic heterocycles. The second-order valence-corrected chi connectivity index (χ2v) is 16.0. The molecular formula is C26H46O4Si. The Balaban J connectivity index is 2.60. The molecule has 0 fully saturated rings. The fourth-order valence-corrected chi connectivity index (χ4v) is 4.37. The maximum atomic E-state index is 12.1. The van der Waals surface area contributed by atoms with Gasteiger partial charge in [-0.05, 0) is 69.6 Å². The Kier molecular flexibility index (Phi) is 10.9. The first-order chi connectivity index (χ1) is 14.2. The molecule has 0 N–H and O–H groups in total. The topological polar surface area (TPSA) is 44.8 Å². The highest BCUT2D eigenvalue weighted by Gasteiger charge is 2.40. The number of hydrogen-bond donors (Lipinski definition) is 0. The number of carbonyl (C=O) groups is 1. The molecule has 178 valence electrons. The summed E-state index contributed by atoms with van der Waals surface area (Å²) in [6.07, 6.45) is 2.87. The first-order valence-electron chi connectivity index (χ1n) is 11.7. The minimum absolute atomic E-state index is 0.143. The van der Waals surface area contributed by atoms with Gasteiger partial charge in [0.2, 0.25) is 0 Å². The zero-order valence-electron chi connectivity index (χ0n) is 21.4. The van der Waals surface area contributed by atoms with Crippen LogP contribution in [0.25, 0.3) is 0 Å². The van der Waals surface area contributed by atoms with Gasteiger partial charge in [0.15, 0.2) is 8.32 Å². The van der Waals surface area contributed by atoms with Crippen LogP contribution in [0.2, 0.25) is 18.1 Å². The SMILES string of the molecule is C[C@@H](CCOC(=O)C(C)(C)C)[C@@H](CCCOCc1ccccc1)O[Si](C)(C)C(C)(C)C. The number of esters is 1. The number of ether oxygens (including phenoxy) is 2. The van der Waals surface area contributed by atoms with Gasteiger partial charge in [0.25, 0.3) is 0 Å². The van der Waals surface area contributed by atoms with E-state index in [1.807, 2.05) is 39.0 Å². The maximum Gasteiger partial charge on any atom is 0.311 e. The summed E-state index contributed by atoms with van der Waals surface area (Å²) in [6, 6.07) is 10.3. The fourth-order valence-electron chi connectivity index (χ4n) is 2.91. The summed E-state index contributed by atoms with van der Waals surface area (Å²) in [6.45, 7) is 21.1. The first kappa shape index (κ1) is 27.9. The molecule has 0 spiro atoms. The lowest BCUT2D eigenvalue weighted by atomic mass is 9.96. The molecule has 0 saturated carbocycles. The average Bonchev–Trinajstić information content (AvgIpc) is 2.65. The van der Waals surface area contributed by atoms with E-state index in [0.717, 1.165) is 25.9 Å². The summed E-state index contributed by atoms with van der Waals surface area (Å²) < 4.78 is 18.2. The van der Waals surface area contributed by atoms with Gasteiger partial charge >= 0.3 is 5.97 Å². The predicted octanol–water partition coefficient (Wildman–Crippen LogP) is 6.99. The largest absolute Gasteiger partial charge is 0.465 e. The second-order valence-electron chi connectivity index (χ2n) is 11.2. The second kappa shape index (κ2) is 12.2. The third-order valence-corrected chi connectivity index (χ3v) is 10.7. The van der Waals surface area contributed by atoms with Gasteiger partial charge in [0.1, 0.15) is 0 Å². The van der Waals surface area contributed by atoms with Gasteiger partial charge in [0.05, 0.1) is 18.6 Å². The van der Waals surface area contributed by atoms with Gasteiger partial charge in [-0.15, -0.1) is 0 Å². The smallest absolute Gasteiger partial charge is 0.311 e. The van der Waals surface area contributed by atoms with Crippen molar-refractivity contribution < 1.29 is 18.7 Å². The van der Waals surface area contributed by atoms with E-state index in [0.29, 0.717) is 19.1 Å². The predicted molar refractivity (Wildman–Crippen MR) is 132 cm³/mol. The summed E-state index contributed by atoms with van der Waals surface area (Å²) in [5, 5.41) is 0.160. The molecule has 0 unspecified atom stereocenters. The average molecular weight is 451 g/mol. The minimum Gasteiger partial charge on any atom is -0.465 e. The summed E-state index contributed by atoms with van der Waals surface area (Å²) in [4.78, 5) is 12.1. The van der Waals surface area contributed by atoms with Crippen LogP contribution in [0.1, 0.15) is 73.3 Å². The summed E-state index contributed by atoms with van der Waals surface area (Å²) in [5.74, 6) is 0.173. The molecule has 31 heavy (non-hydrogen) atoms. The van der Waals surface area contributed by atoms with Crippen molar-refractivity contribution in [2.24, 2.45) is 11.3 Å². The molecule has 0 radical (unpaired) electrons. The summed E-state index contributed by atoms with van der Waals surface area (Å²) in [5.41, 5.74) is 0.738. The van der Waals surface area contributed by atoms with Crippen LogP contribution < -0.4 is 0 Å². The van der Waals surface area contributed by atoms with Crippen LogP contribution in [0.4, 0.5) is 0 Å². The van der Waals surface area contributed by atoms with E-state index in [4.69, 9.17) is 13.9 Å². The van der Waals surface area contributed by atoms with Gasteiger partial charge < -0.3 is 13.9 Å². The van der Waals surface area contributed by atoms with Crippen molar-refractivity contribution in [3.05, 3.63) is 35.9 Å². The third kappa shape index (κ3) is 10.3. The van der Waals surface area contributed by atoms with Crippen LogP contribution in [0.15, 0.2) is 30.3 Å². The van der Waals surface area contributed by atoms with E-state index in [-0.39, 0.29) is 17.1 Å². The normalized spacial score (nSPS) is 14.9. The lowest BCUT2D eigenvalue weighted by Crippen LogP contribution is -2.45. The van der Waals surface area contributed by atoms with Crippen LogP contribution in [-0.4, -0.2) is 33.6 Å². The van der Waals surface area contributed by atoms with Crippen molar-refractivity contribution in [1.82, 2.24) is 0 Å². The van der Waals surface area contributed by atoms with Crippen molar-refractivity contribution in [3.63, 3.8) is 0 Å². The van der Waals surface area contributed by atoms with Gasteiger partial charge in [-0.3, -0.25) is 4.79 Å². The van der Waals surface area contributed by atoms with Crippen molar-refractivity contribution in [2.45, 2.75) is 98.6 Å². The Hall–Kier alpha value is -1.17. The molecular weight excluding hydrogens is 404 g/mol. The lowest BCUT2D eigenvalue weighted by molar-refractivity contribution is -0.153. The first-order valence-corrected chi connectivity index (χ1v) is 14.6. The quantitative estimate of drug-likeness (QED) is 0.195. The third-order valence-electron chi connectivity index (χ3n) is 6.19. The molecule has 0 amide bonds. The monoisotopic (exact) mass is 450 g/mol. The Morgan fingerprint density at radius 1 is 0.968 bits per heavy atom. The number of carbonyl (C=O) groups excluding carboxylic acids is 1. The molecule has 2 atom stereocenters. The van der Waals surface area contributed by atoms with Gasteiger partial charge in [-0.1, -0.05) is 58.0 Å². The Morgan fingerprint density at radius 3 is 2.13 bits per heavy atom. The highest BCUT2D eigenvalue weighted by atomic mass is 28.4. The zero-order valence-corrected chi connectivity index (χ0v) is 22.4. The molecule has 0 aliphatic carbocycles. The van der Waals surface area contributed by atoms with Crippen molar-refractivity contribution in [2.75, 3.05) is 13.2 Å². The van der Waals surface area contributed by atoms with Crippen LogP contribution in [-0.2, 0) is 25.3 Å². The minimum atomic E-state index is -1.89. The van der Waals surface area contributed by atoms with Gasteiger partial charge in [-0.2, -0.15) is 0 Å². The van der Waals surface area contributed by atoms with Crippen molar-refractivity contribution in [1.29, 1.82) is 0 Å². The number of benzene rings is 1. The van der Waals surface area contributed by atoms with Crippen molar-refractivity contribution >= 4 is 14.3 Å². The Morgan fingerprint density at radius 2 is 1.58 bits per heavy atom. The highest BCUT2D eigenvalue weighted by molar-refractivity contribution is 6.74. The number of hydrogen-bond acceptors (Lipinski definition) is 4. The highest BCUT2D eigenvalue weighted by Crippen LogP contribution is 2.39. The molecule has 0 bridgehead atoms. The van der Waals surface area contributed by atoms with Gasteiger partial charge in [-0.25, -0.2) is 0 Å².